The second kappa shape index (κ2) is 9.32. The van der Waals surface area contributed by atoms with Gasteiger partial charge in [0.25, 0.3) is 0 Å². The van der Waals surface area contributed by atoms with E-state index in [1.165, 1.54) is 6.08 Å². The molecular formula is C7H14O5P+. The first-order valence-electron chi connectivity index (χ1n) is 3.71. The highest BCUT2D eigenvalue weighted by Crippen LogP contribution is 2.03. The third-order valence-electron chi connectivity index (χ3n) is 1.24. The zero-order valence-corrected chi connectivity index (χ0v) is 8.49. The van der Waals surface area contributed by atoms with Crippen LogP contribution in [0.15, 0.2) is 11.6 Å². The van der Waals surface area contributed by atoms with Gasteiger partial charge < -0.3 is 5.11 Å². The number of carboxylic acid groups (broad SMARTS) is 1. The number of hydrogen-bond donors (Lipinski definition) is 3. The van der Waals surface area contributed by atoms with Crippen molar-refractivity contribution < 1.29 is 24.3 Å². The van der Waals surface area contributed by atoms with Crippen molar-refractivity contribution in [3.8, 4) is 0 Å². The molecule has 6 heteroatoms. The number of aliphatic carboxylic acids is 1. The molecule has 0 aromatic rings. The van der Waals surface area contributed by atoms with E-state index in [-0.39, 0.29) is 0 Å². The standard InChI is InChI=1S/C7H12O2.HO3P/c1-3-6(4-2)5-7(8)9;1-4(2)3/h5H,3-4H2,1-2H3,(H,8,9);(H-,1,2,3)/p+1. The molecule has 76 valence electrons. The summed E-state index contributed by atoms with van der Waals surface area (Å²) >= 11 is 0. The Bertz CT molecular complexity index is 189. The van der Waals surface area contributed by atoms with E-state index in [4.69, 9.17) is 19.5 Å². The van der Waals surface area contributed by atoms with Crippen LogP contribution in [0.25, 0.3) is 0 Å². The lowest BCUT2D eigenvalue weighted by Gasteiger charge is -1.94. The summed E-state index contributed by atoms with van der Waals surface area (Å²) in [7, 11) is -2.87. The Morgan fingerprint density at radius 1 is 1.31 bits per heavy atom. The number of hydrogen-bond acceptors (Lipinski definition) is 2. The van der Waals surface area contributed by atoms with Gasteiger partial charge in [-0.1, -0.05) is 19.4 Å². The van der Waals surface area contributed by atoms with Gasteiger partial charge in [-0.25, -0.2) is 4.79 Å². The van der Waals surface area contributed by atoms with Gasteiger partial charge >= 0.3 is 14.2 Å². The van der Waals surface area contributed by atoms with Gasteiger partial charge in [0, 0.05) is 10.6 Å². The largest absolute Gasteiger partial charge is 0.692 e. The minimum Gasteiger partial charge on any atom is -0.478 e. The molecule has 5 nitrogen and oxygen atoms in total. The maximum atomic E-state index is 10.1. The van der Waals surface area contributed by atoms with Crippen LogP contribution in [0.4, 0.5) is 0 Å². The molecule has 0 atom stereocenters. The topological polar surface area (TPSA) is 94.8 Å². The SMILES string of the molecule is CCC(=CC(=O)O)CC.O=[P+](O)O. The van der Waals surface area contributed by atoms with Gasteiger partial charge in [0.15, 0.2) is 0 Å². The highest BCUT2D eigenvalue weighted by atomic mass is 31.1. The van der Waals surface area contributed by atoms with Gasteiger partial charge in [-0.2, -0.15) is 0 Å². The van der Waals surface area contributed by atoms with E-state index in [9.17, 15) is 4.79 Å². The van der Waals surface area contributed by atoms with E-state index < -0.39 is 14.2 Å². The van der Waals surface area contributed by atoms with Crippen molar-refractivity contribution >= 4 is 14.2 Å². The summed E-state index contributed by atoms with van der Waals surface area (Å²) in [4.78, 5) is 24.3. The summed E-state index contributed by atoms with van der Waals surface area (Å²) < 4.78 is 8.70. The summed E-state index contributed by atoms with van der Waals surface area (Å²) in [6.07, 6.45) is 2.95. The second-order valence-electron chi connectivity index (χ2n) is 2.10. The lowest BCUT2D eigenvalue weighted by atomic mass is 10.1. The fourth-order valence-corrected chi connectivity index (χ4v) is 0.629. The molecule has 0 aromatic carbocycles. The Balaban J connectivity index is 0. The Morgan fingerprint density at radius 3 is 1.69 bits per heavy atom. The Labute approximate surface area is 77.7 Å². The fourth-order valence-electron chi connectivity index (χ4n) is 0.629. The highest BCUT2D eigenvalue weighted by Gasteiger charge is 1.93. The average Bonchev–Trinajstić information content (AvgIpc) is 1.98. The monoisotopic (exact) mass is 209 g/mol. The number of rotatable bonds is 3. The van der Waals surface area contributed by atoms with Crippen LogP contribution in [0.5, 0.6) is 0 Å². The first-order chi connectivity index (χ1) is 5.93. The van der Waals surface area contributed by atoms with Crippen molar-refractivity contribution in [2.24, 2.45) is 0 Å². The molecule has 3 N–H and O–H groups in total. The quantitative estimate of drug-likeness (QED) is 0.483. The van der Waals surface area contributed by atoms with E-state index in [0.29, 0.717) is 0 Å². The molecule has 0 radical (unpaired) electrons. The molecule has 0 spiro atoms. The first kappa shape index (κ1) is 14.7. The predicted molar refractivity (Wildman–Crippen MR) is 48.3 cm³/mol. The molecule has 0 rings (SSSR count). The van der Waals surface area contributed by atoms with Gasteiger partial charge in [0.05, 0.1) is 0 Å². The molecule has 0 saturated heterocycles. The molecule has 0 aliphatic rings. The minimum atomic E-state index is -2.87. The van der Waals surface area contributed by atoms with Crippen LogP contribution in [-0.4, -0.2) is 20.9 Å². The van der Waals surface area contributed by atoms with E-state index in [1.807, 2.05) is 13.8 Å². The second-order valence-corrected chi connectivity index (χ2v) is 2.61. The van der Waals surface area contributed by atoms with Gasteiger partial charge in [0.2, 0.25) is 0 Å². The molecule has 0 bridgehead atoms. The Kier molecular flexibility index (Phi) is 10.6. The Hall–Kier alpha value is -0.770. The molecular weight excluding hydrogens is 195 g/mol. The molecule has 13 heavy (non-hydrogen) atoms. The first-order valence-corrected chi connectivity index (χ1v) is 4.87. The smallest absolute Gasteiger partial charge is 0.478 e. The van der Waals surface area contributed by atoms with E-state index in [2.05, 4.69) is 0 Å². The number of allylic oxidation sites excluding steroid dienone is 1. The summed E-state index contributed by atoms with van der Waals surface area (Å²) in [5.74, 6) is -0.839. The van der Waals surface area contributed by atoms with Crippen LogP contribution < -0.4 is 0 Å². The maximum absolute atomic E-state index is 10.1. The van der Waals surface area contributed by atoms with Crippen LogP contribution >= 0.6 is 8.25 Å². The predicted octanol–water partition coefficient (Wildman–Crippen LogP) is 1.45. The van der Waals surface area contributed by atoms with Crippen LogP contribution in [0.3, 0.4) is 0 Å². The lowest BCUT2D eigenvalue weighted by Crippen LogP contribution is -1.90. The van der Waals surface area contributed by atoms with Crippen molar-refractivity contribution in [2.45, 2.75) is 26.7 Å². The minimum absolute atomic E-state index is 0.836. The molecule has 0 fully saturated rings. The van der Waals surface area contributed by atoms with Gasteiger partial charge in [-0.15, -0.1) is 9.79 Å². The van der Waals surface area contributed by atoms with E-state index in [1.54, 1.807) is 0 Å². The van der Waals surface area contributed by atoms with Crippen LogP contribution in [0.1, 0.15) is 26.7 Å². The van der Waals surface area contributed by atoms with Crippen molar-refractivity contribution in [3.05, 3.63) is 11.6 Å². The van der Waals surface area contributed by atoms with Crippen molar-refractivity contribution in [2.75, 3.05) is 0 Å². The summed E-state index contributed by atoms with van der Waals surface area (Å²) in [5, 5.41) is 8.27. The average molecular weight is 209 g/mol. The number of carboxylic acids is 1. The zero-order chi connectivity index (χ0) is 10.9. The Morgan fingerprint density at radius 2 is 1.62 bits per heavy atom. The zero-order valence-electron chi connectivity index (χ0n) is 7.60. The van der Waals surface area contributed by atoms with Gasteiger partial charge in [0.1, 0.15) is 0 Å². The highest BCUT2D eigenvalue weighted by molar-refractivity contribution is 7.30. The third kappa shape index (κ3) is 18.3. The number of carbonyl (C=O) groups is 1. The summed E-state index contributed by atoms with van der Waals surface area (Å²) in [6.45, 7) is 3.91. The molecule has 0 saturated carbocycles. The van der Waals surface area contributed by atoms with Crippen LogP contribution in [-0.2, 0) is 9.36 Å². The third-order valence-corrected chi connectivity index (χ3v) is 1.24. The van der Waals surface area contributed by atoms with Crippen LogP contribution in [0, 0.1) is 0 Å². The van der Waals surface area contributed by atoms with E-state index in [0.717, 1.165) is 18.4 Å². The normalized spacial score (nSPS) is 8.00. The molecule has 0 amide bonds. The lowest BCUT2D eigenvalue weighted by molar-refractivity contribution is -0.131. The molecule has 0 heterocycles. The van der Waals surface area contributed by atoms with Crippen molar-refractivity contribution in [3.63, 3.8) is 0 Å². The molecule has 0 unspecified atom stereocenters. The molecule has 0 aliphatic heterocycles. The summed E-state index contributed by atoms with van der Waals surface area (Å²) in [6, 6.07) is 0. The van der Waals surface area contributed by atoms with E-state index >= 15 is 0 Å². The summed E-state index contributed by atoms with van der Waals surface area (Å²) in [5.41, 5.74) is 0.988. The van der Waals surface area contributed by atoms with Gasteiger partial charge in [-0.3, -0.25) is 0 Å². The molecule has 0 aromatic heterocycles. The van der Waals surface area contributed by atoms with Gasteiger partial charge in [-0.05, 0) is 12.8 Å². The maximum Gasteiger partial charge on any atom is 0.692 e. The van der Waals surface area contributed by atoms with Crippen molar-refractivity contribution in [1.29, 1.82) is 0 Å². The fraction of sp³-hybridized carbons (Fsp3) is 0.571. The molecule has 0 aliphatic carbocycles. The van der Waals surface area contributed by atoms with Crippen LogP contribution in [0.2, 0.25) is 0 Å². The van der Waals surface area contributed by atoms with Crippen molar-refractivity contribution in [1.82, 2.24) is 0 Å².